The van der Waals surface area contributed by atoms with Crippen molar-refractivity contribution in [2.75, 3.05) is 5.32 Å². The lowest BCUT2D eigenvalue weighted by atomic mass is 9.72. The number of rotatable bonds is 5. The third-order valence-corrected chi connectivity index (χ3v) is 8.55. The van der Waals surface area contributed by atoms with Gasteiger partial charge in [-0.15, -0.1) is 0 Å². The summed E-state index contributed by atoms with van der Waals surface area (Å²) in [5.74, 6) is -0.231. The summed E-state index contributed by atoms with van der Waals surface area (Å²) in [6.07, 6.45) is -1.26. The number of fused-ring (bicyclic) bond motifs is 4. The molecule has 3 aliphatic heterocycles. The number of oxazole rings is 1. The zero-order chi connectivity index (χ0) is 29.9. The fourth-order valence-corrected chi connectivity index (χ4v) is 6.45. The summed E-state index contributed by atoms with van der Waals surface area (Å²) in [6.45, 7) is 3.81. The van der Waals surface area contributed by atoms with Crippen LogP contribution < -0.4 is 20.7 Å². The lowest BCUT2D eigenvalue weighted by Crippen LogP contribution is -2.50. The van der Waals surface area contributed by atoms with Gasteiger partial charge in [-0.1, -0.05) is 74.5 Å². The van der Waals surface area contributed by atoms with Crippen molar-refractivity contribution in [2.45, 2.75) is 50.1 Å². The molecule has 1 aromatic heterocycles. The van der Waals surface area contributed by atoms with Crippen molar-refractivity contribution < 1.29 is 28.6 Å². The number of amides is 2. The van der Waals surface area contributed by atoms with Crippen LogP contribution in [0.1, 0.15) is 70.4 Å². The average Bonchev–Trinajstić information content (AvgIpc) is 3.67. The fraction of sp³-hybridized carbons (Fsp3) is 0.273. The number of nitrogens with one attached hydrogen (secondary N) is 3. The van der Waals surface area contributed by atoms with Gasteiger partial charge in [0.25, 0.3) is 5.91 Å². The van der Waals surface area contributed by atoms with E-state index in [4.69, 9.17) is 9.15 Å². The maximum atomic E-state index is 13.8. The van der Waals surface area contributed by atoms with E-state index < -0.39 is 41.6 Å². The third-order valence-electron chi connectivity index (χ3n) is 8.55. The van der Waals surface area contributed by atoms with Gasteiger partial charge in [0, 0.05) is 17.7 Å². The van der Waals surface area contributed by atoms with E-state index in [1.807, 2.05) is 56.3 Å². The van der Waals surface area contributed by atoms with E-state index in [-0.39, 0.29) is 23.9 Å². The zero-order valence-corrected chi connectivity index (χ0v) is 23.5. The second-order valence-electron chi connectivity index (χ2n) is 11.5. The van der Waals surface area contributed by atoms with Gasteiger partial charge in [0.05, 0.1) is 0 Å². The Morgan fingerprint density at radius 2 is 1.84 bits per heavy atom. The predicted molar refractivity (Wildman–Crippen MR) is 155 cm³/mol. The molecule has 4 N–H and O–H groups in total. The van der Waals surface area contributed by atoms with Gasteiger partial charge in [0.1, 0.15) is 28.9 Å². The monoisotopic (exact) mass is 578 g/mol. The maximum absolute atomic E-state index is 13.8. The third kappa shape index (κ3) is 4.12. The average molecular weight is 579 g/mol. The summed E-state index contributed by atoms with van der Waals surface area (Å²) in [7, 11) is 0. The number of aldehydes is 1. The van der Waals surface area contributed by atoms with Crippen LogP contribution in [0, 0.1) is 5.92 Å². The van der Waals surface area contributed by atoms with Crippen LogP contribution >= 0.6 is 0 Å². The first kappa shape index (κ1) is 26.9. The standard InChI is InChI=1S/C33H30N4O6/c1-17(2)26-31-35-24(16-38)28(43-31)33-20-10-6-7-11-22(20)36-32(33)42-25-13-12-18(14-21(25)33)15-23(29(40)37-26)34-30(41)27(39)19-8-4-3-5-9-19/h3-14,16-17,23,26-27,32,36,39H,15H2,1-2H3,(H,34,41)(H,37,40)/t23-,26-,27-,32?,33?/m0/s1. The van der Waals surface area contributed by atoms with E-state index in [9.17, 15) is 19.5 Å². The van der Waals surface area contributed by atoms with Crippen LogP contribution in [0.25, 0.3) is 0 Å². The molecule has 0 saturated carbocycles. The van der Waals surface area contributed by atoms with Crippen LogP contribution in [0.2, 0.25) is 0 Å². The molecule has 1 spiro atoms. The van der Waals surface area contributed by atoms with E-state index in [0.717, 1.165) is 22.4 Å². The topological polar surface area (TPSA) is 143 Å². The molecular weight excluding hydrogens is 548 g/mol. The van der Waals surface area contributed by atoms with Gasteiger partial charge in [-0.05, 0) is 34.7 Å². The summed E-state index contributed by atoms with van der Waals surface area (Å²) in [5, 5.41) is 20.0. The van der Waals surface area contributed by atoms with Crippen molar-refractivity contribution in [1.82, 2.24) is 15.6 Å². The lowest BCUT2D eigenvalue weighted by Gasteiger charge is -2.28. The van der Waals surface area contributed by atoms with Gasteiger partial charge in [0.2, 0.25) is 11.8 Å². The summed E-state index contributed by atoms with van der Waals surface area (Å²) in [5.41, 5.74) is 2.73. The first-order valence-electron chi connectivity index (χ1n) is 14.3. The first-order valence-corrected chi connectivity index (χ1v) is 14.3. The number of nitrogens with zero attached hydrogens (tertiary/aromatic N) is 1. The molecule has 5 atom stereocenters. The molecule has 3 aliphatic rings. The SMILES string of the molecule is CC(C)[C@@H]1NC(=O)[C@@H](NC(=O)[C@@H](O)c2ccccc2)Cc2ccc3c(c2)C2(c4ccccc4NC2O3)c2oc1nc2C=O. The van der Waals surface area contributed by atoms with Crippen molar-refractivity contribution in [1.29, 1.82) is 0 Å². The number of hydrogen-bond donors (Lipinski definition) is 4. The minimum Gasteiger partial charge on any atom is -0.469 e. The number of carbonyl (C=O) groups excluding carboxylic acids is 3. The van der Waals surface area contributed by atoms with Crippen molar-refractivity contribution in [3.63, 3.8) is 0 Å². The molecule has 0 fully saturated rings. The molecule has 4 aromatic rings. The number of carbonyl (C=O) groups is 3. The molecule has 0 saturated heterocycles. The fourth-order valence-electron chi connectivity index (χ4n) is 6.45. The Bertz CT molecular complexity index is 1750. The van der Waals surface area contributed by atoms with Crippen molar-refractivity contribution >= 4 is 23.8 Å². The molecule has 4 heterocycles. The molecular formula is C33H30N4O6. The number of anilines is 1. The van der Waals surface area contributed by atoms with E-state index in [1.54, 1.807) is 30.3 Å². The molecule has 2 amide bonds. The Kier molecular flexibility index (Phi) is 6.32. The van der Waals surface area contributed by atoms with E-state index in [2.05, 4.69) is 20.9 Å². The summed E-state index contributed by atoms with van der Waals surface area (Å²) >= 11 is 0. The molecule has 10 heteroatoms. The Morgan fingerprint density at radius 3 is 2.60 bits per heavy atom. The molecule has 0 aliphatic carbocycles. The predicted octanol–water partition coefficient (Wildman–Crippen LogP) is 3.55. The first-order chi connectivity index (χ1) is 20.8. The van der Waals surface area contributed by atoms with Crippen molar-refractivity contribution in [3.05, 3.63) is 112 Å². The van der Waals surface area contributed by atoms with E-state index in [1.165, 1.54) is 0 Å². The highest BCUT2D eigenvalue weighted by Crippen LogP contribution is 2.58. The van der Waals surface area contributed by atoms with Crippen LogP contribution in [-0.4, -0.2) is 40.5 Å². The van der Waals surface area contributed by atoms with Crippen LogP contribution in [0.4, 0.5) is 5.69 Å². The Hall–Kier alpha value is -4.96. The summed E-state index contributed by atoms with van der Waals surface area (Å²) < 4.78 is 12.9. The van der Waals surface area contributed by atoms with Crippen LogP contribution in [0.3, 0.4) is 0 Å². The van der Waals surface area contributed by atoms with Gasteiger partial charge in [-0.3, -0.25) is 14.4 Å². The Balaban J connectivity index is 1.39. The lowest BCUT2D eigenvalue weighted by molar-refractivity contribution is -0.134. The van der Waals surface area contributed by atoms with Crippen LogP contribution in [0.5, 0.6) is 5.75 Å². The van der Waals surface area contributed by atoms with E-state index in [0.29, 0.717) is 23.4 Å². The maximum Gasteiger partial charge on any atom is 0.254 e. The van der Waals surface area contributed by atoms with Crippen LogP contribution in [0.15, 0.2) is 77.2 Å². The van der Waals surface area contributed by atoms with Gasteiger partial charge >= 0.3 is 0 Å². The number of aromatic nitrogens is 1. The molecule has 10 nitrogen and oxygen atoms in total. The quantitative estimate of drug-likeness (QED) is 0.264. The Labute approximate surface area is 247 Å². The van der Waals surface area contributed by atoms with Gasteiger partial charge in [-0.25, -0.2) is 4.98 Å². The molecule has 43 heavy (non-hydrogen) atoms. The summed E-state index contributed by atoms with van der Waals surface area (Å²) in [6, 6.07) is 20.2. The molecule has 0 radical (unpaired) electrons. The normalized spacial score (nSPS) is 23.9. The minimum atomic E-state index is -1.46. The number of aliphatic hydroxyl groups is 1. The van der Waals surface area contributed by atoms with Gasteiger partial charge in [0.15, 0.2) is 24.4 Å². The van der Waals surface area contributed by atoms with E-state index >= 15 is 0 Å². The molecule has 2 unspecified atom stereocenters. The second kappa shape index (κ2) is 10.1. The molecule has 3 aromatic carbocycles. The molecule has 4 bridgehead atoms. The zero-order valence-electron chi connectivity index (χ0n) is 23.5. The smallest absolute Gasteiger partial charge is 0.254 e. The number of ether oxygens (including phenoxy) is 1. The molecule has 7 rings (SSSR count). The molecule has 218 valence electrons. The Morgan fingerprint density at radius 1 is 1.07 bits per heavy atom. The minimum absolute atomic E-state index is 0.121. The number of aliphatic hydroxyl groups excluding tert-OH is 1. The number of para-hydroxylation sites is 1. The van der Waals surface area contributed by atoms with Crippen LogP contribution in [-0.2, 0) is 21.4 Å². The van der Waals surface area contributed by atoms with Gasteiger partial charge in [-0.2, -0.15) is 0 Å². The summed E-state index contributed by atoms with van der Waals surface area (Å²) in [4.78, 5) is 44.1. The van der Waals surface area contributed by atoms with Crippen molar-refractivity contribution in [3.8, 4) is 5.75 Å². The highest BCUT2D eigenvalue weighted by molar-refractivity contribution is 5.90. The largest absolute Gasteiger partial charge is 0.469 e. The van der Waals surface area contributed by atoms with Crippen molar-refractivity contribution in [2.24, 2.45) is 5.92 Å². The number of benzene rings is 3. The number of hydrogen-bond acceptors (Lipinski definition) is 8. The van der Waals surface area contributed by atoms with Gasteiger partial charge < -0.3 is 30.2 Å². The highest BCUT2D eigenvalue weighted by atomic mass is 16.5. The second-order valence-corrected chi connectivity index (χ2v) is 11.5. The highest BCUT2D eigenvalue weighted by Gasteiger charge is 2.60.